The number of ether oxygens (including phenoxy) is 1. The Morgan fingerprint density at radius 2 is 2.40 bits per heavy atom. The second-order valence-corrected chi connectivity index (χ2v) is 3.72. The molecule has 1 aromatic heterocycles. The normalized spacial score (nSPS) is 14.1. The van der Waals surface area contributed by atoms with E-state index in [1.54, 1.807) is 6.08 Å². The Morgan fingerprint density at radius 1 is 1.53 bits per heavy atom. The lowest BCUT2D eigenvalue weighted by atomic mass is 10.1. The monoisotopic (exact) mass is 205 g/mol. The van der Waals surface area contributed by atoms with Gasteiger partial charge in [0.2, 0.25) is 0 Å². The number of carbonyl (C=O) groups is 1. The second-order valence-electron chi connectivity index (χ2n) is 3.72. The van der Waals surface area contributed by atoms with Crippen LogP contribution in [0, 0.1) is 0 Å². The predicted molar refractivity (Wildman–Crippen MR) is 59.0 cm³/mol. The number of nitrogens with one attached hydrogen (secondary N) is 1. The van der Waals surface area contributed by atoms with Gasteiger partial charge in [-0.3, -0.25) is 4.79 Å². The zero-order valence-corrected chi connectivity index (χ0v) is 8.88. The molecule has 1 aromatic rings. The molecule has 0 radical (unpaired) electrons. The smallest absolute Gasteiger partial charge is 0.191 e. The Hall–Kier alpha value is -1.51. The fraction of sp³-hybridized carbons (Fsp3) is 0.417. The van der Waals surface area contributed by atoms with Gasteiger partial charge < -0.3 is 9.72 Å². The van der Waals surface area contributed by atoms with Gasteiger partial charge in [0.25, 0.3) is 0 Å². The average molecular weight is 205 g/mol. The average Bonchev–Trinajstić information content (AvgIpc) is 2.60. The number of rotatable bonds is 4. The van der Waals surface area contributed by atoms with Gasteiger partial charge in [0, 0.05) is 18.6 Å². The third-order valence-electron chi connectivity index (χ3n) is 2.44. The van der Waals surface area contributed by atoms with E-state index in [0.717, 1.165) is 35.9 Å². The van der Waals surface area contributed by atoms with Gasteiger partial charge in [-0.1, -0.05) is 19.4 Å². The predicted octanol–water partition coefficient (Wildman–Crippen LogP) is 0.727. The molecule has 3 heteroatoms. The molecule has 1 N–H and O–H groups in total. The Kier molecular flexibility index (Phi) is 2.90. The van der Waals surface area contributed by atoms with Gasteiger partial charge in [0.15, 0.2) is 11.7 Å². The van der Waals surface area contributed by atoms with Gasteiger partial charge in [0.1, 0.15) is 0 Å². The Morgan fingerprint density at radius 3 is 3.20 bits per heavy atom. The van der Waals surface area contributed by atoms with Gasteiger partial charge in [-0.15, -0.1) is 0 Å². The zero-order chi connectivity index (χ0) is 10.7. The first kappa shape index (κ1) is 10.0. The number of unbranched alkanes of at least 4 members (excludes halogenated alkanes) is 1. The lowest BCUT2D eigenvalue weighted by molar-refractivity contribution is -0.112. The van der Waals surface area contributed by atoms with Crippen LogP contribution in [0.4, 0.5) is 0 Å². The summed E-state index contributed by atoms with van der Waals surface area (Å²) in [7, 11) is 0. The van der Waals surface area contributed by atoms with E-state index in [4.69, 9.17) is 4.74 Å². The lowest BCUT2D eigenvalue weighted by Gasteiger charge is -2.00. The summed E-state index contributed by atoms with van der Waals surface area (Å²) in [6, 6.07) is 1.95. The minimum atomic E-state index is 0.143. The van der Waals surface area contributed by atoms with E-state index < -0.39 is 0 Å². The summed E-state index contributed by atoms with van der Waals surface area (Å²) in [5.41, 5.74) is 0. The van der Waals surface area contributed by atoms with Crippen molar-refractivity contribution >= 4 is 17.9 Å². The molecule has 0 amide bonds. The summed E-state index contributed by atoms with van der Waals surface area (Å²) in [5, 5.41) is 1.94. The van der Waals surface area contributed by atoms with Crippen LogP contribution < -0.4 is 15.3 Å². The van der Waals surface area contributed by atoms with Crippen molar-refractivity contribution < 1.29 is 9.53 Å². The minimum Gasteiger partial charge on any atom is -0.479 e. The van der Waals surface area contributed by atoms with E-state index in [2.05, 4.69) is 11.9 Å². The van der Waals surface area contributed by atoms with E-state index in [9.17, 15) is 4.79 Å². The number of Topliss-reactive ketones (excluding diaryl/α,β-unsaturated/α-hetero) is 1. The lowest BCUT2D eigenvalue weighted by Crippen LogP contribution is -2.27. The number of H-pyrrole nitrogens is 1. The highest BCUT2D eigenvalue weighted by atomic mass is 16.5. The third kappa shape index (κ3) is 2.29. The van der Waals surface area contributed by atoms with E-state index >= 15 is 0 Å². The number of hydrogen-bond acceptors (Lipinski definition) is 2. The second kappa shape index (κ2) is 4.34. The van der Waals surface area contributed by atoms with Crippen LogP contribution in [0.25, 0.3) is 12.2 Å². The third-order valence-corrected chi connectivity index (χ3v) is 2.44. The highest BCUT2D eigenvalue weighted by Gasteiger charge is 2.04. The van der Waals surface area contributed by atoms with Crippen molar-refractivity contribution in [2.45, 2.75) is 26.2 Å². The molecule has 1 heterocycles. The molecule has 1 aliphatic carbocycles. The number of carbonyl (C=O) groups excluding carboxylic acids is 1. The van der Waals surface area contributed by atoms with Crippen LogP contribution in [0.1, 0.15) is 26.2 Å². The number of hydrogen-bond donors (Lipinski definition) is 1. The molecule has 0 bridgehead atoms. The van der Waals surface area contributed by atoms with Crippen molar-refractivity contribution in [3.63, 3.8) is 0 Å². The number of aromatic amines is 1. The molecule has 0 saturated heterocycles. The van der Waals surface area contributed by atoms with E-state index in [1.165, 1.54) is 0 Å². The van der Waals surface area contributed by atoms with E-state index in [1.807, 2.05) is 12.1 Å². The molecule has 2 rings (SSSR count). The molecule has 1 aliphatic rings. The number of ketones is 1. The van der Waals surface area contributed by atoms with Crippen molar-refractivity contribution in [3.05, 3.63) is 16.6 Å². The highest BCUT2D eigenvalue weighted by Crippen LogP contribution is 2.02. The maximum atomic E-state index is 11.1. The highest BCUT2D eigenvalue weighted by molar-refractivity contribution is 6.08. The summed E-state index contributed by atoms with van der Waals surface area (Å²) < 4.78 is 5.53. The van der Waals surface area contributed by atoms with Crippen LogP contribution in [0.2, 0.25) is 0 Å². The summed E-state index contributed by atoms with van der Waals surface area (Å²) in [5.74, 6) is 0.903. The van der Waals surface area contributed by atoms with Crippen LogP contribution >= 0.6 is 0 Å². The molecule has 0 atom stereocenters. The van der Waals surface area contributed by atoms with Gasteiger partial charge >= 0.3 is 0 Å². The molecular weight excluding hydrogens is 190 g/mol. The van der Waals surface area contributed by atoms with Crippen molar-refractivity contribution in [1.29, 1.82) is 0 Å². The molecule has 3 nitrogen and oxygen atoms in total. The van der Waals surface area contributed by atoms with Crippen molar-refractivity contribution in [1.82, 2.24) is 4.98 Å². The first-order valence-corrected chi connectivity index (χ1v) is 5.36. The first-order chi connectivity index (χ1) is 7.29. The molecule has 0 saturated carbocycles. The standard InChI is InChI=1S/C12H15NO2/c1-2-3-6-15-12-7-9-4-5-10(14)8-11(9)13-12/h4,7-8,13H,2-3,5-6H2,1H3. The van der Waals surface area contributed by atoms with Crippen LogP contribution in [0.15, 0.2) is 6.07 Å². The Balaban J connectivity index is 2.17. The number of aromatic nitrogens is 1. The minimum absolute atomic E-state index is 0.143. The first-order valence-electron chi connectivity index (χ1n) is 5.36. The molecule has 0 aliphatic heterocycles. The number of fused-ring (bicyclic) bond motifs is 1. The summed E-state index contributed by atoms with van der Waals surface area (Å²) in [6.07, 6.45) is 6.25. The summed E-state index contributed by atoms with van der Waals surface area (Å²) in [4.78, 5) is 14.2. The van der Waals surface area contributed by atoms with Crippen molar-refractivity contribution in [2.24, 2.45) is 0 Å². The molecule has 0 aromatic carbocycles. The quantitative estimate of drug-likeness (QED) is 0.736. The summed E-state index contributed by atoms with van der Waals surface area (Å²) >= 11 is 0. The van der Waals surface area contributed by atoms with E-state index in [0.29, 0.717) is 6.42 Å². The van der Waals surface area contributed by atoms with Crippen LogP contribution in [0.3, 0.4) is 0 Å². The molecular formula is C12H15NO2. The van der Waals surface area contributed by atoms with Gasteiger partial charge in [0.05, 0.1) is 12.0 Å². The van der Waals surface area contributed by atoms with Gasteiger partial charge in [-0.05, 0) is 11.6 Å². The van der Waals surface area contributed by atoms with Gasteiger partial charge in [-0.2, -0.15) is 0 Å². The molecule has 0 spiro atoms. The fourth-order valence-electron chi connectivity index (χ4n) is 1.58. The Labute approximate surface area is 88.5 Å². The van der Waals surface area contributed by atoms with Crippen LogP contribution in [0.5, 0.6) is 5.88 Å². The summed E-state index contributed by atoms with van der Waals surface area (Å²) in [6.45, 7) is 2.85. The van der Waals surface area contributed by atoms with Crippen LogP contribution in [-0.2, 0) is 4.79 Å². The maximum Gasteiger partial charge on any atom is 0.191 e. The molecule has 0 unspecified atom stereocenters. The largest absolute Gasteiger partial charge is 0.479 e. The fourth-order valence-corrected chi connectivity index (χ4v) is 1.58. The topological polar surface area (TPSA) is 42.1 Å². The SMILES string of the molecule is CCCCOc1cc2c([nH]1)=CC(=O)CC=2. The molecule has 15 heavy (non-hydrogen) atoms. The maximum absolute atomic E-state index is 11.1. The van der Waals surface area contributed by atoms with Crippen molar-refractivity contribution in [3.8, 4) is 5.88 Å². The molecule has 80 valence electrons. The van der Waals surface area contributed by atoms with E-state index in [-0.39, 0.29) is 5.78 Å². The Bertz CT molecular complexity index is 470. The van der Waals surface area contributed by atoms with Gasteiger partial charge in [-0.25, -0.2) is 0 Å². The zero-order valence-electron chi connectivity index (χ0n) is 8.88. The van der Waals surface area contributed by atoms with Crippen molar-refractivity contribution in [2.75, 3.05) is 6.61 Å². The van der Waals surface area contributed by atoms with Crippen LogP contribution in [-0.4, -0.2) is 17.4 Å². The molecule has 0 fully saturated rings.